The Morgan fingerprint density at radius 2 is 0.640 bits per heavy atom. The maximum Gasteiger partial charge on any atom is 0.164 e. The van der Waals surface area contributed by atoms with Crippen LogP contribution < -0.4 is 0 Å². The van der Waals surface area contributed by atoms with E-state index in [2.05, 4.69) is 158 Å². The normalized spacial score (nSPS) is 11.2. The number of aromatic nitrogens is 3. The quantitative estimate of drug-likeness (QED) is 0.182. The van der Waals surface area contributed by atoms with Gasteiger partial charge in [-0.2, -0.15) is 0 Å². The molecular weight excluding hydrogens is 607 g/mol. The van der Waals surface area contributed by atoms with E-state index in [9.17, 15) is 0 Å². The maximum atomic E-state index is 5.25. The number of fused-ring (bicyclic) bond motifs is 2. The Balaban J connectivity index is 1.27. The fourth-order valence-electron chi connectivity index (χ4n) is 6.89. The molecule has 1 heterocycles. The van der Waals surface area contributed by atoms with E-state index in [1.807, 2.05) is 30.3 Å². The third kappa shape index (κ3) is 5.51. The van der Waals surface area contributed by atoms with Crippen molar-refractivity contribution in [2.75, 3.05) is 0 Å². The second kappa shape index (κ2) is 12.7. The number of hydrogen-bond acceptors (Lipinski definition) is 3. The summed E-state index contributed by atoms with van der Waals surface area (Å²) in [5.74, 6) is 1.91. The highest BCUT2D eigenvalue weighted by atomic mass is 15.0. The van der Waals surface area contributed by atoms with Crippen LogP contribution in [0.2, 0.25) is 0 Å². The third-order valence-corrected chi connectivity index (χ3v) is 9.32. The van der Waals surface area contributed by atoms with Crippen LogP contribution in [0, 0.1) is 0 Å². The first-order valence-corrected chi connectivity index (χ1v) is 16.9. The Morgan fingerprint density at radius 1 is 0.240 bits per heavy atom. The highest BCUT2D eigenvalue weighted by Gasteiger charge is 2.17. The Hall–Kier alpha value is -6.71. The zero-order valence-electron chi connectivity index (χ0n) is 27.2. The molecule has 0 unspecified atom stereocenters. The second-order valence-electron chi connectivity index (χ2n) is 12.4. The van der Waals surface area contributed by atoms with Gasteiger partial charge in [0, 0.05) is 16.7 Å². The fourth-order valence-corrected chi connectivity index (χ4v) is 6.89. The van der Waals surface area contributed by atoms with Gasteiger partial charge < -0.3 is 0 Å². The van der Waals surface area contributed by atoms with E-state index >= 15 is 0 Å². The van der Waals surface area contributed by atoms with Crippen molar-refractivity contribution in [1.82, 2.24) is 15.0 Å². The van der Waals surface area contributed by atoms with Crippen LogP contribution in [0.3, 0.4) is 0 Å². The lowest BCUT2D eigenvalue weighted by Crippen LogP contribution is -2.01. The van der Waals surface area contributed by atoms with Crippen molar-refractivity contribution < 1.29 is 0 Å². The van der Waals surface area contributed by atoms with Gasteiger partial charge in [-0.25, -0.2) is 15.0 Å². The number of rotatable bonds is 6. The summed E-state index contributed by atoms with van der Waals surface area (Å²) in [5.41, 5.74) is 9.72. The summed E-state index contributed by atoms with van der Waals surface area (Å²) >= 11 is 0. The van der Waals surface area contributed by atoms with Crippen LogP contribution in [-0.2, 0) is 0 Å². The van der Waals surface area contributed by atoms with Crippen LogP contribution in [0.15, 0.2) is 188 Å². The minimum absolute atomic E-state index is 0.631. The first kappa shape index (κ1) is 29.4. The molecule has 8 aromatic carbocycles. The van der Waals surface area contributed by atoms with Gasteiger partial charge in [0.2, 0.25) is 0 Å². The Kier molecular flexibility index (Phi) is 7.49. The van der Waals surface area contributed by atoms with Crippen LogP contribution in [0.5, 0.6) is 0 Å². The highest BCUT2D eigenvalue weighted by molar-refractivity contribution is 6.08. The van der Waals surface area contributed by atoms with Gasteiger partial charge in [-0.1, -0.05) is 170 Å². The SMILES string of the molecule is c1ccc(-c2cc(-c3ccccc3)cc(-c3nc(-c4ccccc4)nc(-c4cccc5c(-c6cccc7ccccc67)cccc45)n3)c2)cc1. The van der Waals surface area contributed by atoms with Crippen LogP contribution in [0.25, 0.3) is 89.1 Å². The summed E-state index contributed by atoms with van der Waals surface area (Å²) in [5, 5.41) is 4.70. The van der Waals surface area contributed by atoms with E-state index in [4.69, 9.17) is 15.0 Å². The van der Waals surface area contributed by atoms with E-state index in [1.165, 1.54) is 21.9 Å². The smallest absolute Gasteiger partial charge is 0.164 e. The lowest BCUT2D eigenvalue weighted by molar-refractivity contribution is 1.08. The minimum atomic E-state index is 0.631. The summed E-state index contributed by atoms with van der Waals surface area (Å²) in [6.07, 6.45) is 0. The predicted octanol–water partition coefficient (Wildman–Crippen LogP) is 12.2. The van der Waals surface area contributed by atoms with Crippen molar-refractivity contribution in [2.45, 2.75) is 0 Å². The van der Waals surface area contributed by atoms with E-state index in [0.29, 0.717) is 17.5 Å². The van der Waals surface area contributed by atoms with E-state index in [1.54, 1.807) is 0 Å². The fraction of sp³-hybridized carbons (Fsp3) is 0. The second-order valence-corrected chi connectivity index (χ2v) is 12.4. The van der Waals surface area contributed by atoms with E-state index in [-0.39, 0.29) is 0 Å². The zero-order chi connectivity index (χ0) is 33.3. The van der Waals surface area contributed by atoms with Crippen molar-refractivity contribution in [3.63, 3.8) is 0 Å². The molecule has 0 aliphatic heterocycles. The topological polar surface area (TPSA) is 38.7 Å². The van der Waals surface area contributed by atoms with Crippen LogP contribution >= 0.6 is 0 Å². The van der Waals surface area contributed by atoms with Crippen molar-refractivity contribution in [3.8, 4) is 67.5 Å². The molecule has 234 valence electrons. The molecule has 0 aliphatic carbocycles. The summed E-state index contributed by atoms with van der Waals surface area (Å²) in [6, 6.07) is 65.8. The van der Waals surface area contributed by atoms with Gasteiger partial charge in [-0.05, 0) is 73.1 Å². The zero-order valence-corrected chi connectivity index (χ0v) is 27.2. The van der Waals surface area contributed by atoms with Crippen molar-refractivity contribution in [1.29, 1.82) is 0 Å². The molecule has 50 heavy (non-hydrogen) atoms. The molecule has 3 nitrogen and oxygen atoms in total. The number of hydrogen-bond donors (Lipinski definition) is 0. The van der Waals surface area contributed by atoms with Gasteiger partial charge in [-0.15, -0.1) is 0 Å². The molecule has 0 bridgehead atoms. The molecule has 9 rings (SSSR count). The highest BCUT2D eigenvalue weighted by Crippen LogP contribution is 2.38. The molecule has 0 radical (unpaired) electrons. The standard InChI is InChI=1S/C47H31N3/c1-4-15-32(16-5-1)36-29-37(33-17-6-2-7-18-33)31-38(30-36)46-48-45(35-20-8-3-9-21-35)49-47(50-46)44-28-14-26-42-41(25-13-27-43(42)44)40-24-12-22-34-19-10-11-23-39(34)40/h1-31H. The molecule has 0 fully saturated rings. The van der Waals surface area contributed by atoms with Crippen molar-refractivity contribution in [2.24, 2.45) is 0 Å². The van der Waals surface area contributed by atoms with Crippen molar-refractivity contribution >= 4 is 21.5 Å². The monoisotopic (exact) mass is 637 g/mol. The minimum Gasteiger partial charge on any atom is -0.208 e. The average molecular weight is 638 g/mol. The molecule has 0 spiro atoms. The molecule has 0 saturated carbocycles. The summed E-state index contributed by atoms with van der Waals surface area (Å²) in [7, 11) is 0. The first-order chi connectivity index (χ1) is 24.8. The van der Waals surface area contributed by atoms with Gasteiger partial charge in [0.25, 0.3) is 0 Å². The predicted molar refractivity (Wildman–Crippen MR) is 207 cm³/mol. The van der Waals surface area contributed by atoms with Crippen LogP contribution in [-0.4, -0.2) is 15.0 Å². The molecule has 0 aliphatic rings. The Morgan fingerprint density at radius 3 is 1.28 bits per heavy atom. The average Bonchev–Trinajstić information content (AvgIpc) is 3.21. The van der Waals surface area contributed by atoms with Gasteiger partial charge in [0.05, 0.1) is 0 Å². The third-order valence-electron chi connectivity index (χ3n) is 9.32. The maximum absolute atomic E-state index is 5.25. The lowest BCUT2D eigenvalue weighted by Gasteiger charge is -2.14. The molecular formula is C47H31N3. The molecule has 3 heteroatoms. The first-order valence-electron chi connectivity index (χ1n) is 16.9. The van der Waals surface area contributed by atoms with Gasteiger partial charge >= 0.3 is 0 Å². The van der Waals surface area contributed by atoms with Crippen molar-refractivity contribution in [3.05, 3.63) is 188 Å². The molecule has 0 N–H and O–H groups in total. The number of nitrogens with zero attached hydrogens (tertiary/aromatic N) is 3. The summed E-state index contributed by atoms with van der Waals surface area (Å²) in [4.78, 5) is 15.5. The van der Waals surface area contributed by atoms with Gasteiger partial charge in [0.15, 0.2) is 17.5 Å². The number of benzene rings is 8. The van der Waals surface area contributed by atoms with Crippen LogP contribution in [0.4, 0.5) is 0 Å². The molecule has 0 saturated heterocycles. The molecule has 1 aromatic heterocycles. The lowest BCUT2D eigenvalue weighted by atomic mass is 9.92. The van der Waals surface area contributed by atoms with E-state index in [0.717, 1.165) is 49.7 Å². The van der Waals surface area contributed by atoms with Gasteiger partial charge in [0.1, 0.15) is 0 Å². The Bertz CT molecular complexity index is 2570. The summed E-state index contributed by atoms with van der Waals surface area (Å²) in [6.45, 7) is 0. The molecule has 0 atom stereocenters. The summed E-state index contributed by atoms with van der Waals surface area (Å²) < 4.78 is 0. The van der Waals surface area contributed by atoms with Crippen LogP contribution in [0.1, 0.15) is 0 Å². The molecule has 0 amide bonds. The van der Waals surface area contributed by atoms with E-state index < -0.39 is 0 Å². The molecule has 9 aromatic rings. The Labute approximate surface area is 291 Å². The van der Waals surface area contributed by atoms with Gasteiger partial charge in [-0.3, -0.25) is 0 Å². The largest absolute Gasteiger partial charge is 0.208 e.